The molecule has 0 radical (unpaired) electrons. The maximum absolute atomic E-state index is 11.7. The first-order chi connectivity index (χ1) is 9.33. The van der Waals surface area contributed by atoms with Gasteiger partial charge in [-0.1, -0.05) is 17.4 Å². The van der Waals surface area contributed by atoms with Crippen molar-refractivity contribution in [3.05, 3.63) is 41.4 Å². The molecule has 0 atom stereocenters. The molecule has 0 aliphatic heterocycles. The lowest BCUT2D eigenvalue weighted by Crippen LogP contribution is -2.26. The van der Waals surface area contributed by atoms with Gasteiger partial charge in [0.2, 0.25) is 4.96 Å². The molecular formula is C11H10N6OS. The summed E-state index contributed by atoms with van der Waals surface area (Å²) in [5, 5.41) is 15.6. The summed E-state index contributed by atoms with van der Waals surface area (Å²) in [5.41, 5.74) is 0.417. The maximum atomic E-state index is 11.7. The first-order valence-corrected chi connectivity index (χ1v) is 6.49. The second-order valence-corrected chi connectivity index (χ2v) is 4.82. The molecule has 0 bridgehead atoms. The quantitative estimate of drug-likeness (QED) is 0.751. The Bertz CT molecular complexity index is 663. The van der Waals surface area contributed by atoms with Crippen molar-refractivity contribution in [3.63, 3.8) is 0 Å². The Kier molecular flexibility index (Phi) is 3.15. The smallest absolute Gasteiger partial charge is 0.269 e. The van der Waals surface area contributed by atoms with Crippen LogP contribution in [-0.2, 0) is 6.42 Å². The highest BCUT2D eigenvalue weighted by atomic mass is 32.1. The highest BCUT2D eigenvalue weighted by Crippen LogP contribution is 2.11. The molecule has 3 heterocycles. The fourth-order valence-electron chi connectivity index (χ4n) is 1.57. The lowest BCUT2D eigenvalue weighted by Gasteiger charge is -2.02. The topological polar surface area (TPSA) is 85.1 Å². The summed E-state index contributed by atoms with van der Waals surface area (Å²) in [5.74, 6) is -0.177. The van der Waals surface area contributed by atoms with Gasteiger partial charge in [0.15, 0.2) is 0 Å². The van der Waals surface area contributed by atoms with Crippen LogP contribution in [0.3, 0.4) is 0 Å². The maximum Gasteiger partial charge on any atom is 0.269 e. The van der Waals surface area contributed by atoms with Crippen LogP contribution in [0.1, 0.15) is 15.5 Å². The Hall–Kier alpha value is -2.35. The molecular weight excluding hydrogens is 264 g/mol. The largest absolute Gasteiger partial charge is 0.350 e. The van der Waals surface area contributed by atoms with Crippen LogP contribution < -0.4 is 5.32 Å². The molecule has 0 spiro atoms. The molecule has 0 aromatic carbocycles. The monoisotopic (exact) mass is 274 g/mol. The number of hydrogen-bond donors (Lipinski definition) is 1. The van der Waals surface area contributed by atoms with Gasteiger partial charge in [0.05, 0.1) is 0 Å². The Morgan fingerprint density at radius 2 is 2.37 bits per heavy atom. The zero-order valence-corrected chi connectivity index (χ0v) is 10.7. The number of nitrogens with zero attached hydrogens (tertiary/aromatic N) is 5. The van der Waals surface area contributed by atoms with E-state index in [2.05, 4.69) is 25.6 Å². The standard InChI is InChI=1S/C11H10N6OS/c18-10(8-3-1-2-5-12-8)13-6-4-9-16-17-7-14-15-11(17)19-9/h1-3,5,7H,4,6H2,(H,13,18). The second-order valence-electron chi connectivity index (χ2n) is 3.77. The van der Waals surface area contributed by atoms with Crippen LogP contribution >= 0.6 is 11.3 Å². The number of rotatable bonds is 4. The van der Waals surface area contributed by atoms with E-state index in [0.29, 0.717) is 18.7 Å². The number of pyridine rings is 1. The predicted molar refractivity (Wildman–Crippen MR) is 68.9 cm³/mol. The van der Waals surface area contributed by atoms with Crippen LogP contribution in [0.15, 0.2) is 30.7 Å². The van der Waals surface area contributed by atoms with Crippen molar-refractivity contribution in [2.75, 3.05) is 6.54 Å². The van der Waals surface area contributed by atoms with Gasteiger partial charge in [-0.25, -0.2) is 0 Å². The van der Waals surface area contributed by atoms with E-state index in [9.17, 15) is 4.79 Å². The normalized spacial score (nSPS) is 10.7. The van der Waals surface area contributed by atoms with Gasteiger partial charge in [-0.15, -0.1) is 10.2 Å². The lowest BCUT2D eigenvalue weighted by molar-refractivity contribution is 0.0949. The van der Waals surface area contributed by atoms with Gasteiger partial charge in [-0.2, -0.15) is 9.61 Å². The average molecular weight is 274 g/mol. The zero-order chi connectivity index (χ0) is 13.1. The van der Waals surface area contributed by atoms with E-state index in [0.717, 1.165) is 9.97 Å². The summed E-state index contributed by atoms with van der Waals surface area (Å²) >= 11 is 1.46. The van der Waals surface area contributed by atoms with Crippen molar-refractivity contribution in [1.82, 2.24) is 30.1 Å². The van der Waals surface area contributed by atoms with Crippen LogP contribution in [-0.4, -0.2) is 37.2 Å². The first kappa shape index (κ1) is 11.7. The van der Waals surface area contributed by atoms with Gasteiger partial charge in [-0.3, -0.25) is 9.78 Å². The number of amides is 1. The third-order valence-electron chi connectivity index (χ3n) is 2.45. The van der Waals surface area contributed by atoms with Gasteiger partial charge >= 0.3 is 0 Å². The van der Waals surface area contributed by atoms with Crippen LogP contribution in [0.5, 0.6) is 0 Å². The van der Waals surface area contributed by atoms with E-state index < -0.39 is 0 Å². The minimum absolute atomic E-state index is 0.177. The number of hydrogen-bond acceptors (Lipinski definition) is 6. The Morgan fingerprint density at radius 3 is 3.16 bits per heavy atom. The number of fused-ring (bicyclic) bond motifs is 1. The third kappa shape index (κ3) is 2.58. The number of carbonyl (C=O) groups excluding carboxylic acids is 1. The van der Waals surface area contributed by atoms with Crippen LogP contribution in [0.2, 0.25) is 0 Å². The van der Waals surface area contributed by atoms with E-state index >= 15 is 0 Å². The van der Waals surface area contributed by atoms with Crippen molar-refractivity contribution in [3.8, 4) is 0 Å². The van der Waals surface area contributed by atoms with Gasteiger partial charge in [0.25, 0.3) is 5.91 Å². The molecule has 3 rings (SSSR count). The molecule has 0 aliphatic carbocycles. The predicted octanol–water partition coefficient (Wildman–Crippen LogP) is 0.553. The summed E-state index contributed by atoms with van der Waals surface area (Å²) in [6.45, 7) is 0.513. The van der Waals surface area contributed by atoms with E-state index in [1.165, 1.54) is 11.3 Å². The van der Waals surface area contributed by atoms with Crippen LogP contribution in [0.4, 0.5) is 0 Å². The molecule has 0 unspecified atom stereocenters. The summed E-state index contributed by atoms with van der Waals surface area (Å²) in [4.78, 5) is 16.5. The van der Waals surface area contributed by atoms with Crippen molar-refractivity contribution >= 4 is 22.2 Å². The van der Waals surface area contributed by atoms with E-state index in [1.807, 2.05) is 0 Å². The van der Waals surface area contributed by atoms with Gasteiger partial charge < -0.3 is 5.32 Å². The molecule has 7 nitrogen and oxygen atoms in total. The molecule has 0 aliphatic rings. The number of carbonyl (C=O) groups is 1. The first-order valence-electron chi connectivity index (χ1n) is 5.68. The minimum atomic E-state index is -0.177. The molecule has 0 fully saturated rings. The highest BCUT2D eigenvalue weighted by Gasteiger charge is 2.08. The fraction of sp³-hybridized carbons (Fsp3) is 0.182. The van der Waals surface area contributed by atoms with Gasteiger partial charge in [0, 0.05) is 19.2 Å². The third-order valence-corrected chi connectivity index (χ3v) is 3.42. The Balaban J connectivity index is 1.56. The SMILES string of the molecule is O=C(NCCc1nn2cnnc2s1)c1ccccn1. The average Bonchev–Trinajstić information content (AvgIpc) is 3.00. The van der Waals surface area contributed by atoms with Crippen molar-refractivity contribution < 1.29 is 4.79 Å². The number of nitrogens with one attached hydrogen (secondary N) is 1. The molecule has 1 N–H and O–H groups in total. The van der Waals surface area contributed by atoms with E-state index in [1.54, 1.807) is 35.2 Å². The minimum Gasteiger partial charge on any atom is -0.350 e. The summed E-state index contributed by atoms with van der Waals surface area (Å²) in [6.07, 6.45) is 3.81. The summed E-state index contributed by atoms with van der Waals surface area (Å²) < 4.78 is 1.63. The molecule has 96 valence electrons. The zero-order valence-electron chi connectivity index (χ0n) is 9.85. The van der Waals surface area contributed by atoms with E-state index in [4.69, 9.17) is 0 Å². The van der Waals surface area contributed by atoms with Crippen LogP contribution in [0.25, 0.3) is 4.96 Å². The van der Waals surface area contributed by atoms with E-state index in [-0.39, 0.29) is 5.91 Å². The highest BCUT2D eigenvalue weighted by molar-refractivity contribution is 7.16. The van der Waals surface area contributed by atoms with Crippen LogP contribution in [0, 0.1) is 0 Å². The summed E-state index contributed by atoms with van der Waals surface area (Å²) in [7, 11) is 0. The molecule has 0 saturated heterocycles. The number of aromatic nitrogens is 5. The van der Waals surface area contributed by atoms with Crippen molar-refractivity contribution in [1.29, 1.82) is 0 Å². The van der Waals surface area contributed by atoms with Gasteiger partial charge in [-0.05, 0) is 12.1 Å². The molecule has 19 heavy (non-hydrogen) atoms. The lowest BCUT2D eigenvalue weighted by atomic mass is 10.3. The molecule has 3 aromatic rings. The van der Waals surface area contributed by atoms with Gasteiger partial charge in [0.1, 0.15) is 17.0 Å². The molecule has 0 saturated carbocycles. The Labute approximate surface area is 112 Å². The Morgan fingerprint density at radius 1 is 1.42 bits per heavy atom. The molecule has 1 amide bonds. The summed E-state index contributed by atoms with van der Waals surface area (Å²) in [6, 6.07) is 5.24. The second kappa shape index (κ2) is 5.11. The fourth-order valence-corrected chi connectivity index (χ4v) is 2.39. The molecule has 8 heteroatoms. The van der Waals surface area contributed by atoms with Crippen molar-refractivity contribution in [2.45, 2.75) is 6.42 Å². The van der Waals surface area contributed by atoms with Crippen molar-refractivity contribution in [2.24, 2.45) is 0 Å². The molecule has 3 aromatic heterocycles.